The maximum atomic E-state index is 13.2. The fourth-order valence-corrected chi connectivity index (χ4v) is 3.57. The van der Waals surface area contributed by atoms with E-state index in [9.17, 15) is 14.4 Å². The predicted molar refractivity (Wildman–Crippen MR) is 122 cm³/mol. The number of rotatable bonds is 7. The molecule has 0 spiro atoms. The quantitative estimate of drug-likeness (QED) is 0.600. The number of allylic oxidation sites excluding steroid dienone is 2. The van der Waals surface area contributed by atoms with Crippen molar-refractivity contribution < 1.29 is 19.1 Å². The van der Waals surface area contributed by atoms with E-state index >= 15 is 0 Å². The monoisotopic (exact) mass is 426 g/mol. The van der Waals surface area contributed by atoms with Gasteiger partial charge in [-0.25, -0.2) is 0 Å². The van der Waals surface area contributed by atoms with Gasteiger partial charge >= 0.3 is 0 Å². The van der Waals surface area contributed by atoms with Crippen molar-refractivity contribution in [1.82, 2.24) is 5.32 Å². The van der Waals surface area contributed by atoms with Gasteiger partial charge in [-0.1, -0.05) is 54.6 Å². The zero-order valence-corrected chi connectivity index (χ0v) is 17.5. The van der Waals surface area contributed by atoms with Crippen molar-refractivity contribution >= 4 is 23.2 Å². The standard InChI is InChI=1S/C26H22N2O4/c1-32-19-13-11-18(12-14-19)27-26(31)23(15-17-7-3-2-4-8-17)28-22-16-24(29)20-9-5-6-10-21(20)25(22)30/h2-14,16,23,28H,15H2,1H3,(H,27,31). The Labute approximate surface area is 185 Å². The van der Waals surface area contributed by atoms with Gasteiger partial charge in [0.25, 0.3) is 0 Å². The Morgan fingerprint density at radius 2 is 1.53 bits per heavy atom. The van der Waals surface area contributed by atoms with Gasteiger partial charge < -0.3 is 15.4 Å². The Morgan fingerprint density at radius 1 is 0.875 bits per heavy atom. The molecule has 0 saturated heterocycles. The van der Waals surface area contributed by atoms with Gasteiger partial charge in [0.15, 0.2) is 5.78 Å². The first-order valence-electron chi connectivity index (χ1n) is 10.2. The molecule has 0 fully saturated rings. The number of amides is 1. The van der Waals surface area contributed by atoms with Crippen LogP contribution in [0.25, 0.3) is 0 Å². The van der Waals surface area contributed by atoms with Crippen molar-refractivity contribution in [3.8, 4) is 5.75 Å². The van der Waals surface area contributed by atoms with Crippen LogP contribution in [0, 0.1) is 0 Å². The largest absolute Gasteiger partial charge is 0.497 e. The molecule has 0 bridgehead atoms. The number of ketones is 2. The van der Waals surface area contributed by atoms with E-state index in [4.69, 9.17) is 4.74 Å². The van der Waals surface area contributed by atoms with Gasteiger partial charge in [0.2, 0.25) is 11.7 Å². The molecule has 2 N–H and O–H groups in total. The van der Waals surface area contributed by atoms with Crippen LogP contribution >= 0.6 is 0 Å². The first-order chi connectivity index (χ1) is 15.5. The van der Waals surface area contributed by atoms with E-state index in [1.165, 1.54) is 6.08 Å². The molecule has 1 unspecified atom stereocenters. The predicted octanol–water partition coefficient (Wildman–Crippen LogP) is 3.80. The second-order valence-corrected chi connectivity index (χ2v) is 7.40. The third kappa shape index (κ3) is 4.59. The van der Waals surface area contributed by atoms with Crippen LogP contribution in [0.15, 0.2) is 90.6 Å². The fraction of sp³-hybridized carbons (Fsp3) is 0.115. The van der Waals surface area contributed by atoms with Crippen LogP contribution in [0.3, 0.4) is 0 Å². The maximum Gasteiger partial charge on any atom is 0.247 e. The zero-order chi connectivity index (χ0) is 22.5. The van der Waals surface area contributed by atoms with Crippen LogP contribution in [-0.2, 0) is 11.2 Å². The van der Waals surface area contributed by atoms with Gasteiger partial charge in [-0.15, -0.1) is 0 Å². The van der Waals surface area contributed by atoms with Crippen LogP contribution in [-0.4, -0.2) is 30.6 Å². The van der Waals surface area contributed by atoms with Gasteiger partial charge in [-0.2, -0.15) is 0 Å². The van der Waals surface area contributed by atoms with Crippen LogP contribution in [0.4, 0.5) is 5.69 Å². The molecule has 0 aliphatic heterocycles. The average molecular weight is 426 g/mol. The SMILES string of the molecule is COc1ccc(NC(=O)C(Cc2ccccc2)NC2=CC(=O)c3ccccc3C2=O)cc1. The number of nitrogens with one attached hydrogen (secondary N) is 2. The molecule has 1 aliphatic carbocycles. The van der Waals surface area contributed by atoms with Gasteiger partial charge in [-0.05, 0) is 29.8 Å². The highest BCUT2D eigenvalue weighted by molar-refractivity contribution is 6.24. The van der Waals surface area contributed by atoms with E-state index in [1.54, 1.807) is 55.6 Å². The summed E-state index contributed by atoms with van der Waals surface area (Å²) in [6.45, 7) is 0. The Hall–Kier alpha value is -4.19. The fourth-order valence-electron chi connectivity index (χ4n) is 3.57. The number of carbonyl (C=O) groups is 3. The molecule has 4 rings (SSSR count). The molecule has 160 valence electrons. The minimum Gasteiger partial charge on any atom is -0.497 e. The van der Waals surface area contributed by atoms with Crippen LogP contribution in [0.2, 0.25) is 0 Å². The Bertz CT molecular complexity index is 1180. The molecule has 32 heavy (non-hydrogen) atoms. The van der Waals surface area contributed by atoms with Crippen LogP contribution in [0.1, 0.15) is 26.3 Å². The molecule has 3 aromatic rings. The van der Waals surface area contributed by atoms with Gasteiger partial charge in [0, 0.05) is 29.3 Å². The number of carbonyl (C=O) groups excluding carboxylic acids is 3. The molecule has 0 saturated carbocycles. The summed E-state index contributed by atoms with van der Waals surface area (Å²) in [5, 5.41) is 5.89. The highest BCUT2D eigenvalue weighted by Crippen LogP contribution is 2.21. The first-order valence-corrected chi connectivity index (χ1v) is 10.2. The van der Waals surface area contributed by atoms with Crippen molar-refractivity contribution in [3.63, 3.8) is 0 Å². The molecule has 6 nitrogen and oxygen atoms in total. The second-order valence-electron chi connectivity index (χ2n) is 7.40. The lowest BCUT2D eigenvalue weighted by Gasteiger charge is -2.23. The Kier molecular flexibility index (Phi) is 6.12. The molecule has 3 aromatic carbocycles. The smallest absolute Gasteiger partial charge is 0.247 e. The minimum absolute atomic E-state index is 0.111. The second kappa shape index (κ2) is 9.31. The van der Waals surface area contributed by atoms with Crippen molar-refractivity contribution in [3.05, 3.63) is 107 Å². The summed E-state index contributed by atoms with van der Waals surface area (Å²) < 4.78 is 5.15. The zero-order valence-electron chi connectivity index (χ0n) is 17.5. The minimum atomic E-state index is -0.771. The van der Waals surface area contributed by atoms with Crippen molar-refractivity contribution in [1.29, 1.82) is 0 Å². The van der Waals surface area contributed by atoms with Crippen LogP contribution < -0.4 is 15.4 Å². The van der Waals surface area contributed by atoms with E-state index < -0.39 is 6.04 Å². The molecule has 1 atom stereocenters. The third-order valence-corrected chi connectivity index (χ3v) is 5.24. The average Bonchev–Trinajstić information content (AvgIpc) is 2.83. The summed E-state index contributed by atoms with van der Waals surface area (Å²) in [6, 6.07) is 22.4. The molecule has 0 radical (unpaired) electrons. The normalized spacial score (nSPS) is 13.6. The van der Waals surface area contributed by atoms with E-state index in [1.807, 2.05) is 30.3 Å². The summed E-state index contributed by atoms with van der Waals surface area (Å²) in [4.78, 5) is 38.6. The van der Waals surface area contributed by atoms with Crippen molar-refractivity contribution in [2.24, 2.45) is 0 Å². The first kappa shape index (κ1) is 21.1. The summed E-state index contributed by atoms with van der Waals surface area (Å²) in [5.74, 6) is -0.219. The van der Waals surface area contributed by atoms with E-state index in [2.05, 4.69) is 10.6 Å². The molecule has 6 heteroatoms. The van der Waals surface area contributed by atoms with Crippen molar-refractivity contribution in [2.45, 2.75) is 12.5 Å². The number of methoxy groups -OCH3 is 1. The Balaban J connectivity index is 1.58. The number of anilines is 1. The number of Topliss-reactive ketones (excluding diaryl/α,β-unsaturated/α-hetero) is 1. The topological polar surface area (TPSA) is 84.5 Å². The number of fused-ring (bicyclic) bond motifs is 1. The number of hydrogen-bond donors (Lipinski definition) is 2. The highest BCUT2D eigenvalue weighted by atomic mass is 16.5. The Morgan fingerprint density at radius 3 is 2.22 bits per heavy atom. The molecular weight excluding hydrogens is 404 g/mol. The van der Waals surface area contributed by atoms with E-state index in [-0.39, 0.29) is 23.2 Å². The summed E-state index contributed by atoms with van der Waals surface area (Å²) in [7, 11) is 1.57. The van der Waals surface area contributed by atoms with Crippen molar-refractivity contribution in [2.75, 3.05) is 12.4 Å². The maximum absolute atomic E-state index is 13.2. The highest BCUT2D eigenvalue weighted by Gasteiger charge is 2.29. The third-order valence-electron chi connectivity index (χ3n) is 5.24. The lowest BCUT2D eigenvalue weighted by molar-refractivity contribution is -0.117. The lowest BCUT2D eigenvalue weighted by atomic mass is 9.92. The van der Waals surface area contributed by atoms with Gasteiger partial charge in [0.1, 0.15) is 11.8 Å². The summed E-state index contributed by atoms with van der Waals surface area (Å²) >= 11 is 0. The number of ether oxygens (including phenoxy) is 1. The molecule has 1 amide bonds. The summed E-state index contributed by atoms with van der Waals surface area (Å²) in [5.41, 5.74) is 2.33. The molecular formula is C26H22N2O4. The lowest BCUT2D eigenvalue weighted by Crippen LogP contribution is -2.44. The molecule has 0 aromatic heterocycles. The number of hydrogen-bond acceptors (Lipinski definition) is 5. The molecule has 0 heterocycles. The number of benzene rings is 3. The molecule has 1 aliphatic rings. The van der Waals surface area contributed by atoms with E-state index in [0.29, 0.717) is 29.0 Å². The van der Waals surface area contributed by atoms with Gasteiger partial charge in [0.05, 0.1) is 12.8 Å². The summed E-state index contributed by atoms with van der Waals surface area (Å²) in [6.07, 6.45) is 1.60. The van der Waals surface area contributed by atoms with Gasteiger partial charge in [-0.3, -0.25) is 14.4 Å². The van der Waals surface area contributed by atoms with E-state index in [0.717, 1.165) is 5.56 Å². The van der Waals surface area contributed by atoms with Crippen LogP contribution in [0.5, 0.6) is 5.75 Å².